The lowest BCUT2D eigenvalue weighted by Crippen LogP contribution is -2.42. The Morgan fingerprint density at radius 1 is 1.57 bits per heavy atom. The van der Waals surface area contributed by atoms with Crippen LogP contribution in [0.3, 0.4) is 0 Å². The van der Waals surface area contributed by atoms with Crippen LogP contribution in [-0.2, 0) is 19.1 Å². The summed E-state index contributed by atoms with van der Waals surface area (Å²) in [7, 11) is 0. The van der Waals surface area contributed by atoms with Crippen LogP contribution in [0, 0.1) is 0 Å². The molecule has 14 heavy (non-hydrogen) atoms. The maximum absolute atomic E-state index is 11.5. The second-order valence-electron chi connectivity index (χ2n) is 3.67. The van der Waals surface area contributed by atoms with E-state index < -0.39 is 18.7 Å². The molecule has 78 valence electrons. The predicted octanol–water partition coefficient (Wildman–Crippen LogP) is -0.0234. The van der Waals surface area contributed by atoms with Crippen molar-refractivity contribution in [2.45, 2.75) is 37.6 Å². The lowest BCUT2D eigenvalue weighted by Gasteiger charge is -2.27. The quantitative estimate of drug-likeness (QED) is 0.692. The number of carboxylic acids is 1. The van der Waals surface area contributed by atoms with Crippen molar-refractivity contribution in [3.05, 3.63) is 0 Å². The monoisotopic (exact) mass is 200 g/mol. The number of carbonyl (C=O) groups excluding carboxylic acids is 1. The van der Waals surface area contributed by atoms with Gasteiger partial charge in [0, 0.05) is 6.42 Å². The zero-order valence-electron chi connectivity index (χ0n) is 7.64. The molecule has 0 aliphatic carbocycles. The molecule has 1 N–H and O–H groups in total. The summed E-state index contributed by atoms with van der Waals surface area (Å²) in [5.41, 5.74) is 0. The minimum absolute atomic E-state index is 0.0231. The summed E-state index contributed by atoms with van der Waals surface area (Å²) in [6.07, 6.45) is 1.19. The average Bonchev–Trinajstić information content (AvgIpc) is 2.48. The molecule has 2 bridgehead atoms. The van der Waals surface area contributed by atoms with E-state index in [-0.39, 0.29) is 18.0 Å². The molecule has 2 aliphatic rings. The van der Waals surface area contributed by atoms with Crippen molar-refractivity contribution in [1.82, 2.24) is 0 Å². The highest BCUT2D eigenvalue weighted by Gasteiger charge is 2.42. The summed E-state index contributed by atoms with van der Waals surface area (Å²) in [6.45, 7) is -0.430. The van der Waals surface area contributed by atoms with Gasteiger partial charge >= 0.3 is 5.97 Å². The second-order valence-corrected chi connectivity index (χ2v) is 3.67. The van der Waals surface area contributed by atoms with Gasteiger partial charge in [0.15, 0.2) is 5.78 Å². The molecule has 3 atom stereocenters. The summed E-state index contributed by atoms with van der Waals surface area (Å²) in [5, 5.41) is 8.42. The summed E-state index contributed by atoms with van der Waals surface area (Å²) in [6, 6.07) is 0. The van der Waals surface area contributed by atoms with E-state index in [1.165, 1.54) is 0 Å². The van der Waals surface area contributed by atoms with Crippen LogP contribution in [0.25, 0.3) is 0 Å². The molecule has 2 heterocycles. The lowest BCUT2D eigenvalue weighted by atomic mass is 10.1. The van der Waals surface area contributed by atoms with Crippen LogP contribution in [0.15, 0.2) is 0 Å². The fourth-order valence-corrected chi connectivity index (χ4v) is 2.02. The van der Waals surface area contributed by atoms with Gasteiger partial charge in [0.25, 0.3) is 0 Å². The van der Waals surface area contributed by atoms with Gasteiger partial charge in [0.1, 0.15) is 12.7 Å². The Hall–Kier alpha value is -0.940. The highest BCUT2D eigenvalue weighted by atomic mass is 16.6. The minimum Gasteiger partial charge on any atom is -0.480 e. The third-order valence-corrected chi connectivity index (χ3v) is 2.61. The molecule has 0 amide bonds. The highest BCUT2D eigenvalue weighted by molar-refractivity contribution is 5.85. The number of ketones is 1. The van der Waals surface area contributed by atoms with Gasteiger partial charge in [-0.25, -0.2) is 4.79 Å². The zero-order valence-corrected chi connectivity index (χ0v) is 7.64. The molecule has 2 aliphatic heterocycles. The smallest absolute Gasteiger partial charge is 0.329 e. The number of rotatable bonds is 3. The summed E-state index contributed by atoms with van der Waals surface area (Å²) >= 11 is 0. The van der Waals surface area contributed by atoms with Gasteiger partial charge in [-0.05, 0) is 12.8 Å². The van der Waals surface area contributed by atoms with Crippen LogP contribution in [0.1, 0.15) is 19.3 Å². The Labute approximate surface area is 81.0 Å². The van der Waals surface area contributed by atoms with Gasteiger partial charge in [0.05, 0.1) is 12.2 Å². The molecule has 0 radical (unpaired) electrons. The molecular weight excluding hydrogens is 188 g/mol. The van der Waals surface area contributed by atoms with E-state index in [1.54, 1.807) is 0 Å². The minimum atomic E-state index is -1.06. The van der Waals surface area contributed by atoms with Crippen LogP contribution < -0.4 is 0 Å². The first-order valence-corrected chi connectivity index (χ1v) is 4.68. The van der Waals surface area contributed by atoms with Crippen LogP contribution in [0.5, 0.6) is 0 Å². The topological polar surface area (TPSA) is 72.8 Å². The Kier molecular flexibility index (Phi) is 2.52. The van der Waals surface area contributed by atoms with E-state index in [0.717, 1.165) is 12.8 Å². The standard InChI is InChI=1S/C9H12O5/c10-6-3-5-1-2-7(14-5)9(6)13-4-8(11)12/h5,7,9H,1-4H2,(H,11,12)/t5?,7-,9?/m1/s1. The van der Waals surface area contributed by atoms with E-state index >= 15 is 0 Å². The number of hydrogen-bond donors (Lipinski definition) is 1. The molecular formula is C9H12O5. The first-order chi connectivity index (χ1) is 6.66. The molecule has 2 saturated heterocycles. The second kappa shape index (κ2) is 3.67. The summed E-state index contributed by atoms with van der Waals surface area (Å²) < 4.78 is 10.5. The first kappa shape index (κ1) is 9.61. The van der Waals surface area contributed by atoms with E-state index in [1.807, 2.05) is 0 Å². The van der Waals surface area contributed by atoms with Crippen molar-refractivity contribution >= 4 is 11.8 Å². The molecule has 5 heteroatoms. The van der Waals surface area contributed by atoms with Crippen LogP contribution >= 0.6 is 0 Å². The third kappa shape index (κ3) is 1.78. The Balaban J connectivity index is 1.95. The molecule has 0 aromatic carbocycles. The van der Waals surface area contributed by atoms with Gasteiger partial charge in [-0.2, -0.15) is 0 Å². The lowest BCUT2D eigenvalue weighted by molar-refractivity contribution is -0.162. The summed E-state index contributed by atoms with van der Waals surface area (Å²) in [4.78, 5) is 21.7. The number of fused-ring (bicyclic) bond motifs is 2. The molecule has 5 nitrogen and oxygen atoms in total. The SMILES string of the molecule is O=C(O)COC1C(=O)CC2CC[C@H]1O2. The highest BCUT2D eigenvalue weighted by Crippen LogP contribution is 2.32. The molecule has 2 fully saturated rings. The van der Waals surface area contributed by atoms with Gasteiger partial charge in [-0.3, -0.25) is 4.79 Å². The fraction of sp³-hybridized carbons (Fsp3) is 0.778. The van der Waals surface area contributed by atoms with Crippen molar-refractivity contribution in [1.29, 1.82) is 0 Å². The van der Waals surface area contributed by atoms with Crippen molar-refractivity contribution < 1.29 is 24.2 Å². The van der Waals surface area contributed by atoms with Gasteiger partial charge in [-0.1, -0.05) is 0 Å². The number of carboxylic acid groups (broad SMARTS) is 1. The number of ether oxygens (including phenoxy) is 2. The Morgan fingerprint density at radius 3 is 3.07 bits per heavy atom. The van der Waals surface area contributed by atoms with Crippen LogP contribution in [0.4, 0.5) is 0 Å². The van der Waals surface area contributed by atoms with Gasteiger partial charge < -0.3 is 14.6 Å². The Morgan fingerprint density at radius 2 is 2.36 bits per heavy atom. The van der Waals surface area contributed by atoms with Crippen molar-refractivity contribution in [2.24, 2.45) is 0 Å². The van der Waals surface area contributed by atoms with Crippen LogP contribution in [0.2, 0.25) is 0 Å². The van der Waals surface area contributed by atoms with Gasteiger partial charge in [-0.15, -0.1) is 0 Å². The molecule has 0 saturated carbocycles. The number of aliphatic carboxylic acids is 1. The molecule has 2 rings (SSSR count). The zero-order chi connectivity index (χ0) is 10.1. The van der Waals surface area contributed by atoms with Gasteiger partial charge in [0.2, 0.25) is 0 Å². The maximum Gasteiger partial charge on any atom is 0.329 e. The van der Waals surface area contributed by atoms with E-state index in [9.17, 15) is 9.59 Å². The molecule has 0 aromatic heterocycles. The predicted molar refractivity (Wildman–Crippen MR) is 44.9 cm³/mol. The molecule has 0 aromatic rings. The fourth-order valence-electron chi connectivity index (χ4n) is 2.02. The number of Topliss-reactive ketones (excluding diaryl/α,β-unsaturated/α-hetero) is 1. The Bertz CT molecular complexity index is 262. The normalized spacial score (nSPS) is 36.0. The molecule has 0 spiro atoms. The van der Waals surface area contributed by atoms with E-state index in [0.29, 0.717) is 6.42 Å². The largest absolute Gasteiger partial charge is 0.480 e. The van der Waals surface area contributed by atoms with E-state index in [4.69, 9.17) is 14.6 Å². The van der Waals surface area contributed by atoms with Crippen molar-refractivity contribution in [3.8, 4) is 0 Å². The summed E-state index contributed by atoms with van der Waals surface area (Å²) in [5.74, 6) is -1.08. The van der Waals surface area contributed by atoms with E-state index in [2.05, 4.69) is 0 Å². The van der Waals surface area contributed by atoms with Crippen molar-refractivity contribution in [3.63, 3.8) is 0 Å². The maximum atomic E-state index is 11.5. The first-order valence-electron chi connectivity index (χ1n) is 4.68. The van der Waals surface area contributed by atoms with Crippen molar-refractivity contribution in [2.75, 3.05) is 6.61 Å². The number of carbonyl (C=O) groups is 2. The number of hydrogen-bond acceptors (Lipinski definition) is 4. The van der Waals surface area contributed by atoms with Crippen LogP contribution in [-0.4, -0.2) is 41.8 Å². The third-order valence-electron chi connectivity index (χ3n) is 2.61. The molecule has 2 unspecified atom stereocenters. The average molecular weight is 200 g/mol.